The summed E-state index contributed by atoms with van der Waals surface area (Å²) in [5, 5.41) is 8.57. The van der Waals surface area contributed by atoms with Crippen LogP contribution in [0.5, 0.6) is 0 Å². The molecule has 1 N–H and O–H groups in total. The van der Waals surface area contributed by atoms with E-state index >= 15 is 0 Å². The van der Waals surface area contributed by atoms with E-state index in [9.17, 15) is 13.6 Å². The molecular weight excluding hydrogens is 232 g/mol. The molecule has 0 radical (unpaired) electrons. The third-order valence-electron chi connectivity index (χ3n) is 2.64. The van der Waals surface area contributed by atoms with Crippen molar-refractivity contribution in [3.63, 3.8) is 0 Å². The van der Waals surface area contributed by atoms with Crippen LogP contribution in [0.3, 0.4) is 0 Å². The van der Waals surface area contributed by atoms with E-state index in [1.165, 1.54) is 23.7 Å². The summed E-state index contributed by atoms with van der Waals surface area (Å²) in [7, 11) is 1.50. The molecule has 0 atom stereocenters. The lowest BCUT2D eigenvalue weighted by atomic mass is 10.1. The van der Waals surface area contributed by atoms with Gasteiger partial charge in [-0.15, -0.1) is 0 Å². The Bertz CT molecular complexity index is 600. The number of nitrogens with zero attached hydrogens (tertiary/aromatic N) is 1. The first-order valence-corrected chi connectivity index (χ1v) is 5.04. The topological polar surface area (TPSA) is 55.4 Å². The number of oxazole rings is 1. The van der Waals surface area contributed by atoms with Crippen LogP contribution < -0.4 is 5.76 Å². The zero-order chi connectivity index (χ0) is 12.6. The Morgan fingerprint density at radius 3 is 2.82 bits per heavy atom. The summed E-state index contributed by atoms with van der Waals surface area (Å²) in [6.45, 7) is -0.607. The predicted octanol–water partition coefficient (Wildman–Crippen LogP) is 1.61. The smallest absolute Gasteiger partial charge is 0.408 e. The van der Waals surface area contributed by atoms with Crippen molar-refractivity contribution >= 4 is 11.1 Å². The monoisotopic (exact) mass is 243 g/mol. The molecule has 0 amide bonds. The highest BCUT2D eigenvalue weighted by Crippen LogP contribution is 2.32. The van der Waals surface area contributed by atoms with Crippen LogP contribution in [-0.4, -0.2) is 16.3 Å². The van der Waals surface area contributed by atoms with E-state index in [1.54, 1.807) is 0 Å². The zero-order valence-electron chi connectivity index (χ0n) is 9.11. The van der Waals surface area contributed by atoms with Crippen molar-refractivity contribution in [2.75, 3.05) is 6.61 Å². The molecule has 6 heteroatoms. The SMILES string of the molecule is Cn1c(=O)oc2cc(C(F)(F)CCO)ccc21. The highest BCUT2D eigenvalue weighted by atomic mass is 19.3. The highest BCUT2D eigenvalue weighted by Gasteiger charge is 2.31. The number of rotatable bonds is 3. The molecule has 92 valence electrons. The molecule has 0 unspecified atom stereocenters. The van der Waals surface area contributed by atoms with E-state index < -0.39 is 24.7 Å². The number of alkyl halides is 2. The summed E-state index contributed by atoms with van der Waals surface area (Å²) in [4.78, 5) is 11.2. The maximum absolute atomic E-state index is 13.5. The maximum Gasteiger partial charge on any atom is 0.419 e. The number of hydrogen-bond acceptors (Lipinski definition) is 3. The normalized spacial score (nSPS) is 12.2. The first-order valence-electron chi connectivity index (χ1n) is 5.04. The van der Waals surface area contributed by atoms with Crippen molar-refractivity contribution in [1.29, 1.82) is 0 Å². The van der Waals surface area contributed by atoms with Crippen molar-refractivity contribution in [2.24, 2.45) is 7.05 Å². The summed E-state index contributed by atoms with van der Waals surface area (Å²) in [6.07, 6.45) is -0.657. The molecule has 0 aliphatic carbocycles. The van der Waals surface area contributed by atoms with Gasteiger partial charge < -0.3 is 9.52 Å². The second-order valence-electron chi connectivity index (χ2n) is 3.79. The molecule has 1 heterocycles. The minimum absolute atomic E-state index is 0.118. The molecule has 0 saturated carbocycles. The number of aromatic nitrogens is 1. The van der Waals surface area contributed by atoms with Gasteiger partial charge in [0.1, 0.15) is 0 Å². The number of aryl methyl sites for hydroxylation is 1. The highest BCUT2D eigenvalue weighted by molar-refractivity contribution is 5.73. The first kappa shape index (κ1) is 11.8. The minimum Gasteiger partial charge on any atom is -0.408 e. The number of fused-ring (bicyclic) bond motifs is 1. The van der Waals surface area contributed by atoms with Crippen LogP contribution in [0, 0.1) is 0 Å². The van der Waals surface area contributed by atoms with E-state index in [0.29, 0.717) is 5.52 Å². The molecule has 0 spiro atoms. The lowest BCUT2D eigenvalue weighted by molar-refractivity contribution is -0.0269. The molecular formula is C11H11F2NO3. The minimum atomic E-state index is -3.13. The Kier molecular flexibility index (Phi) is 2.74. The van der Waals surface area contributed by atoms with Gasteiger partial charge >= 0.3 is 5.76 Å². The molecule has 1 aromatic carbocycles. The molecule has 0 bridgehead atoms. The zero-order valence-corrected chi connectivity index (χ0v) is 9.11. The number of aliphatic hydroxyl groups is 1. The van der Waals surface area contributed by atoms with Crippen molar-refractivity contribution in [1.82, 2.24) is 4.57 Å². The van der Waals surface area contributed by atoms with Gasteiger partial charge in [0.25, 0.3) is 5.92 Å². The van der Waals surface area contributed by atoms with Crippen LogP contribution in [0.1, 0.15) is 12.0 Å². The van der Waals surface area contributed by atoms with Crippen molar-refractivity contribution in [3.8, 4) is 0 Å². The van der Waals surface area contributed by atoms with Crippen molar-refractivity contribution in [2.45, 2.75) is 12.3 Å². The van der Waals surface area contributed by atoms with Gasteiger partial charge in [0, 0.05) is 25.6 Å². The Balaban J connectivity index is 2.55. The van der Waals surface area contributed by atoms with Gasteiger partial charge in [0.15, 0.2) is 5.58 Å². The number of benzene rings is 1. The molecule has 2 aromatic rings. The van der Waals surface area contributed by atoms with E-state index in [1.807, 2.05) is 0 Å². The van der Waals surface area contributed by atoms with Gasteiger partial charge in [-0.05, 0) is 12.1 Å². The third-order valence-corrected chi connectivity index (χ3v) is 2.64. The predicted molar refractivity (Wildman–Crippen MR) is 57.1 cm³/mol. The molecule has 17 heavy (non-hydrogen) atoms. The fourth-order valence-corrected chi connectivity index (χ4v) is 1.65. The Hall–Kier alpha value is -1.69. The summed E-state index contributed by atoms with van der Waals surface area (Å²) in [6, 6.07) is 3.76. The Morgan fingerprint density at radius 1 is 1.47 bits per heavy atom. The average molecular weight is 243 g/mol. The summed E-state index contributed by atoms with van der Waals surface area (Å²) in [5.74, 6) is -3.72. The van der Waals surface area contributed by atoms with E-state index in [4.69, 9.17) is 9.52 Å². The number of aliphatic hydroxyl groups excluding tert-OH is 1. The van der Waals surface area contributed by atoms with Crippen molar-refractivity contribution in [3.05, 3.63) is 34.3 Å². The number of halogens is 2. The van der Waals surface area contributed by atoms with E-state index in [2.05, 4.69) is 0 Å². The van der Waals surface area contributed by atoms with E-state index in [-0.39, 0.29) is 11.1 Å². The van der Waals surface area contributed by atoms with Crippen LogP contribution in [0.2, 0.25) is 0 Å². The molecule has 0 aliphatic rings. The lowest BCUT2D eigenvalue weighted by Gasteiger charge is -2.14. The Morgan fingerprint density at radius 2 is 2.18 bits per heavy atom. The van der Waals surface area contributed by atoms with Gasteiger partial charge in [-0.25, -0.2) is 13.6 Å². The molecule has 2 rings (SSSR count). The lowest BCUT2D eigenvalue weighted by Crippen LogP contribution is -2.15. The van der Waals surface area contributed by atoms with Gasteiger partial charge in [0.2, 0.25) is 0 Å². The molecule has 0 fully saturated rings. The Labute approximate surface area is 95.1 Å². The summed E-state index contributed by atoms with van der Waals surface area (Å²) < 4.78 is 33.1. The second-order valence-corrected chi connectivity index (χ2v) is 3.79. The van der Waals surface area contributed by atoms with Crippen LogP contribution >= 0.6 is 0 Å². The van der Waals surface area contributed by atoms with Gasteiger partial charge in [0.05, 0.1) is 5.52 Å². The van der Waals surface area contributed by atoms with Crippen LogP contribution in [0.25, 0.3) is 11.1 Å². The van der Waals surface area contributed by atoms with Crippen LogP contribution in [0.4, 0.5) is 8.78 Å². The fourth-order valence-electron chi connectivity index (χ4n) is 1.65. The third kappa shape index (κ3) is 1.95. The number of hydrogen-bond donors (Lipinski definition) is 1. The molecule has 1 aromatic heterocycles. The van der Waals surface area contributed by atoms with Gasteiger partial charge in [-0.1, -0.05) is 6.07 Å². The maximum atomic E-state index is 13.5. The molecule has 4 nitrogen and oxygen atoms in total. The van der Waals surface area contributed by atoms with Gasteiger partial charge in [-0.3, -0.25) is 4.57 Å². The van der Waals surface area contributed by atoms with E-state index in [0.717, 1.165) is 6.07 Å². The molecule has 0 saturated heterocycles. The van der Waals surface area contributed by atoms with Crippen LogP contribution in [0.15, 0.2) is 27.4 Å². The van der Waals surface area contributed by atoms with Crippen LogP contribution in [-0.2, 0) is 13.0 Å². The van der Waals surface area contributed by atoms with Gasteiger partial charge in [-0.2, -0.15) is 0 Å². The standard InChI is InChI=1S/C11H11F2NO3/c1-14-8-3-2-7(11(12,13)4-5-15)6-9(8)17-10(14)16/h2-3,6,15H,4-5H2,1H3. The summed E-state index contributed by atoms with van der Waals surface area (Å²) >= 11 is 0. The largest absolute Gasteiger partial charge is 0.419 e. The first-order chi connectivity index (χ1) is 7.95. The fraction of sp³-hybridized carbons (Fsp3) is 0.364. The second kappa shape index (κ2) is 3.96. The average Bonchev–Trinajstić information content (AvgIpc) is 2.54. The molecule has 0 aliphatic heterocycles. The van der Waals surface area contributed by atoms with Crippen molar-refractivity contribution < 1.29 is 18.3 Å². The summed E-state index contributed by atoms with van der Waals surface area (Å²) in [5.41, 5.74) is 0.305. The quantitative estimate of drug-likeness (QED) is 0.890.